The number of phenols is 1. The summed E-state index contributed by atoms with van der Waals surface area (Å²) in [5.74, 6) is -0.775. The third kappa shape index (κ3) is 3.86. The summed E-state index contributed by atoms with van der Waals surface area (Å²) in [5.41, 5.74) is 4.02. The highest BCUT2D eigenvalue weighted by Gasteiger charge is 2.35. The van der Waals surface area contributed by atoms with Gasteiger partial charge < -0.3 is 14.6 Å². The van der Waals surface area contributed by atoms with Gasteiger partial charge in [-0.2, -0.15) is 0 Å². The lowest BCUT2D eigenvalue weighted by Gasteiger charge is -2.12. The highest BCUT2D eigenvalue weighted by atomic mass is 35.5. The molecule has 0 saturated heterocycles. The van der Waals surface area contributed by atoms with Crippen molar-refractivity contribution in [3.8, 4) is 16.9 Å². The standard InChI is InChI=1S/C27H25Cl2N3O3/c1-31(2)10-5-4-7-14-11-19-15(13-21(14)33)23-20(32(19)3)12-16(22-17(28)8-6-9-18(22)29)24-25(23)27(35)30-26(24)34/h6,8-9,11-13,33H,4-5,7,10H2,1-3H3,(H,30,34,35). The van der Waals surface area contributed by atoms with Gasteiger partial charge in [0.15, 0.2) is 0 Å². The number of imide groups is 1. The number of rotatable bonds is 6. The summed E-state index contributed by atoms with van der Waals surface area (Å²) in [6.45, 7) is 0.986. The van der Waals surface area contributed by atoms with Crippen LogP contribution in [0.25, 0.3) is 32.9 Å². The molecule has 0 atom stereocenters. The molecule has 3 aromatic carbocycles. The zero-order chi connectivity index (χ0) is 25.0. The Balaban J connectivity index is 1.76. The molecule has 8 heteroatoms. The number of carbonyl (C=O) groups excluding carboxylic acids is 2. The molecule has 2 heterocycles. The third-order valence-corrected chi connectivity index (χ3v) is 7.34. The number of benzene rings is 3. The van der Waals surface area contributed by atoms with Gasteiger partial charge in [-0.1, -0.05) is 29.3 Å². The number of fused-ring (bicyclic) bond motifs is 5. The minimum absolute atomic E-state index is 0.187. The van der Waals surface area contributed by atoms with Crippen molar-refractivity contribution >= 4 is 56.8 Å². The van der Waals surface area contributed by atoms with Gasteiger partial charge in [-0.3, -0.25) is 14.9 Å². The SMILES string of the molecule is CN(C)CCCCc1cc2c(cc1O)c1c3c(c(-c4c(Cl)cccc4Cl)cc1n2C)C(=O)NC3=O. The molecule has 0 fully saturated rings. The maximum absolute atomic E-state index is 13.0. The number of aromatic nitrogens is 1. The molecule has 0 saturated carbocycles. The van der Waals surface area contributed by atoms with Crippen LogP contribution in [0.15, 0.2) is 36.4 Å². The first-order chi connectivity index (χ1) is 16.7. The number of unbranched alkanes of at least 4 members (excludes halogenated alkanes) is 1. The number of aromatic hydroxyl groups is 1. The quantitative estimate of drug-likeness (QED) is 0.255. The first kappa shape index (κ1) is 23.7. The highest BCUT2D eigenvalue weighted by Crippen LogP contribution is 2.44. The Morgan fingerprint density at radius 2 is 1.63 bits per heavy atom. The monoisotopic (exact) mass is 509 g/mol. The van der Waals surface area contributed by atoms with E-state index in [2.05, 4.69) is 10.2 Å². The van der Waals surface area contributed by atoms with Crippen LogP contribution in [0, 0.1) is 0 Å². The van der Waals surface area contributed by atoms with Crippen LogP contribution in [-0.2, 0) is 13.5 Å². The number of aryl methyl sites for hydroxylation is 2. The minimum Gasteiger partial charge on any atom is -0.508 e. The van der Waals surface area contributed by atoms with Crippen molar-refractivity contribution in [3.63, 3.8) is 0 Å². The molecular weight excluding hydrogens is 485 g/mol. The maximum Gasteiger partial charge on any atom is 0.259 e. The maximum atomic E-state index is 13.0. The lowest BCUT2D eigenvalue weighted by atomic mass is 9.92. The summed E-state index contributed by atoms with van der Waals surface area (Å²) in [6, 6.07) is 10.7. The van der Waals surface area contributed by atoms with Gasteiger partial charge in [0, 0.05) is 44.5 Å². The van der Waals surface area contributed by atoms with Crippen molar-refractivity contribution in [2.45, 2.75) is 19.3 Å². The molecule has 4 aromatic rings. The van der Waals surface area contributed by atoms with Crippen LogP contribution >= 0.6 is 23.2 Å². The number of halogens is 2. The van der Waals surface area contributed by atoms with Gasteiger partial charge in [-0.05, 0) is 75.8 Å². The average Bonchev–Trinajstić information content (AvgIpc) is 3.24. The van der Waals surface area contributed by atoms with E-state index in [1.165, 1.54) is 0 Å². The summed E-state index contributed by atoms with van der Waals surface area (Å²) >= 11 is 13.0. The molecule has 1 aliphatic heterocycles. The van der Waals surface area contributed by atoms with E-state index < -0.39 is 11.8 Å². The van der Waals surface area contributed by atoms with E-state index in [0.29, 0.717) is 26.6 Å². The van der Waals surface area contributed by atoms with Crippen LogP contribution in [-0.4, -0.2) is 47.0 Å². The van der Waals surface area contributed by atoms with Crippen molar-refractivity contribution in [2.24, 2.45) is 7.05 Å². The number of hydrogen-bond acceptors (Lipinski definition) is 4. The minimum atomic E-state index is -0.489. The topological polar surface area (TPSA) is 74.6 Å². The lowest BCUT2D eigenvalue weighted by Crippen LogP contribution is -2.20. The molecule has 0 aliphatic carbocycles. The van der Waals surface area contributed by atoms with Gasteiger partial charge >= 0.3 is 0 Å². The Morgan fingerprint density at radius 1 is 0.943 bits per heavy atom. The number of carbonyl (C=O) groups is 2. The second-order valence-electron chi connectivity index (χ2n) is 9.27. The van der Waals surface area contributed by atoms with Crippen molar-refractivity contribution in [3.05, 3.63) is 63.1 Å². The van der Waals surface area contributed by atoms with E-state index in [9.17, 15) is 14.7 Å². The van der Waals surface area contributed by atoms with Crippen molar-refractivity contribution < 1.29 is 14.7 Å². The Kier molecular flexibility index (Phi) is 5.99. The summed E-state index contributed by atoms with van der Waals surface area (Å²) in [4.78, 5) is 28.1. The van der Waals surface area contributed by atoms with Crippen LogP contribution in [0.2, 0.25) is 10.0 Å². The number of hydrogen-bond donors (Lipinski definition) is 2. The lowest BCUT2D eigenvalue weighted by molar-refractivity contribution is 0.0880. The third-order valence-electron chi connectivity index (χ3n) is 6.71. The van der Waals surface area contributed by atoms with Gasteiger partial charge in [0.05, 0.1) is 16.6 Å². The first-order valence-electron chi connectivity index (χ1n) is 11.4. The molecule has 0 unspecified atom stereocenters. The molecule has 2 amide bonds. The van der Waals surface area contributed by atoms with Crippen molar-refractivity contribution in [1.29, 1.82) is 0 Å². The van der Waals surface area contributed by atoms with Crippen LogP contribution in [0.3, 0.4) is 0 Å². The molecular formula is C27H25Cl2N3O3. The van der Waals surface area contributed by atoms with Gasteiger partial charge in [0.25, 0.3) is 11.8 Å². The normalized spacial score (nSPS) is 13.3. The molecule has 180 valence electrons. The number of nitrogens with one attached hydrogen (secondary N) is 1. The van der Waals surface area contributed by atoms with E-state index in [1.807, 2.05) is 37.8 Å². The zero-order valence-corrected chi connectivity index (χ0v) is 21.2. The predicted molar refractivity (Wildman–Crippen MR) is 141 cm³/mol. The molecule has 2 N–H and O–H groups in total. The molecule has 1 aliphatic rings. The Bertz CT molecular complexity index is 1520. The average molecular weight is 510 g/mol. The smallest absolute Gasteiger partial charge is 0.259 e. The van der Waals surface area contributed by atoms with Crippen molar-refractivity contribution in [1.82, 2.24) is 14.8 Å². The fraction of sp³-hybridized carbons (Fsp3) is 0.259. The number of amides is 2. The summed E-state index contributed by atoms with van der Waals surface area (Å²) in [7, 11) is 6.00. The molecule has 0 radical (unpaired) electrons. The largest absolute Gasteiger partial charge is 0.508 e. The predicted octanol–water partition coefficient (Wildman–Crippen LogP) is 5.78. The van der Waals surface area contributed by atoms with E-state index in [0.717, 1.165) is 47.8 Å². The van der Waals surface area contributed by atoms with Gasteiger partial charge in [0.1, 0.15) is 5.75 Å². The first-order valence-corrected chi connectivity index (χ1v) is 12.2. The molecule has 0 bridgehead atoms. The van der Waals surface area contributed by atoms with Crippen LogP contribution in [0.5, 0.6) is 5.75 Å². The van der Waals surface area contributed by atoms with Gasteiger partial charge in [-0.25, -0.2) is 0 Å². The summed E-state index contributed by atoms with van der Waals surface area (Å²) in [5, 5.41) is 15.4. The van der Waals surface area contributed by atoms with Crippen LogP contribution < -0.4 is 5.32 Å². The molecule has 35 heavy (non-hydrogen) atoms. The fourth-order valence-electron chi connectivity index (χ4n) is 5.02. The fourth-order valence-corrected chi connectivity index (χ4v) is 5.62. The second-order valence-corrected chi connectivity index (χ2v) is 10.1. The van der Waals surface area contributed by atoms with Gasteiger partial charge in [0.2, 0.25) is 0 Å². The van der Waals surface area contributed by atoms with Crippen LogP contribution in [0.4, 0.5) is 0 Å². The molecule has 0 spiro atoms. The van der Waals surface area contributed by atoms with E-state index in [-0.39, 0.29) is 16.9 Å². The Hall–Kier alpha value is -3.06. The summed E-state index contributed by atoms with van der Waals surface area (Å²) < 4.78 is 1.98. The molecule has 6 nitrogen and oxygen atoms in total. The Morgan fingerprint density at radius 3 is 2.31 bits per heavy atom. The summed E-state index contributed by atoms with van der Waals surface area (Å²) in [6.07, 6.45) is 2.72. The highest BCUT2D eigenvalue weighted by molar-refractivity contribution is 6.41. The second kappa shape index (κ2) is 8.86. The Labute approximate surface area is 213 Å². The van der Waals surface area contributed by atoms with Crippen LogP contribution in [0.1, 0.15) is 39.1 Å². The van der Waals surface area contributed by atoms with Crippen molar-refractivity contribution in [2.75, 3.05) is 20.6 Å². The number of phenolic OH excluding ortho intramolecular Hbond substituents is 1. The molecule has 1 aromatic heterocycles. The van der Waals surface area contributed by atoms with Gasteiger partial charge in [-0.15, -0.1) is 0 Å². The van der Waals surface area contributed by atoms with E-state index >= 15 is 0 Å². The molecule has 5 rings (SSSR count). The number of nitrogens with zero attached hydrogens (tertiary/aromatic N) is 2. The van der Waals surface area contributed by atoms with E-state index in [4.69, 9.17) is 23.2 Å². The zero-order valence-electron chi connectivity index (χ0n) is 19.7. The van der Waals surface area contributed by atoms with E-state index in [1.54, 1.807) is 24.3 Å².